The van der Waals surface area contributed by atoms with Gasteiger partial charge in [-0.1, -0.05) is 33.1 Å². The average Bonchev–Trinajstić information content (AvgIpc) is 2.22. The lowest BCUT2D eigenvalue weighted by atomic mass is 9.68. The summed E-state index contributed by atoms with van der Waals surface area (Å²) in [6.45, 7) is 4.75. The summed E-state index contributed by atoms with van der Waals surface area (Å²) >= 11 is 0. The Balaban J connectivity index is 1.87. The van der Waals surface area contributed by atoms with E-state index in [9.17, 15) is 0 Å². The number of hydrogen-bond donors (Lipinski definition) is 1. The van der Waals surface area contributed by atoms with Crippen LogP contribution in [0.5, 0.6) is 0 Å². The number of hydrogen-bond acceptors (Lipinski definition) is 1. The molecule has 2 fully saturated rings. The molecule has 2 aliphatic carbocycles. The minimum Gasteiger partial charge on any atom is -0.327 e. The quantitative estimate of drug-likeness (QED) is 0.702. The molecule has 0 saturated heterocycles. The third-order valence-electron chi connectivity index (χ3n) is 4.94. The Morgan fingerprint density at radius 3 is 2.27 bits per heavy atom. The Kier molecular flexibility index (Phi) is 3.71. The molecule has 2 saturated carbocycles. The Morgan fingerprint density at radius 1 is 0.867 bits per heavy atom. The van der Waals surface area contributed by atoms with Gasteiger partial charge in [0.15, 0.2) is 0 Å². The van der Waals surface area contributed by atoms with Crippen molar-refractivity contribution in [2.45, 2.75) is 64.8 Å². The molecule has 15 heavy (non-hydrogen) atoms. The largest absolute Gasteiger partial charge is 0.327 e. The van der Waals surface area contributed by atoms with Crippen LogP contribution in [0.15, 0.2) is 0 Å². The van der Waals surface area contributed by atoms with Gasteiger partial charge in [-0.15, -0.1) is 0 Å². The van der Waals surface area contributed by atoms with Gasteiger partial charge in [0, 0.05) is 6.04 Å². The molecule has 0 aromatic rings. The predicted molar refractivity (Wildman–Crippen MR) is 65.6 cm³/mol. The summed E-state index contributed by atoms with van der Waals surface area (Å²) in [6.07, 6.45) is 10.0. The lowest BCUT2D eigenvalue weighted by Crippen LogP contribution is -2.38. The van der Waals surface area contributed by atoms with E-state index in [1.165, 1.54) is 44.9 Å². The summed E-state index contributed by atoms with van der Waals surface area (Å²) in [4.78, 5) is 0. The summed E-state index contributed by atoms with van der Waals surface area (Å²) in [5.41, 5.74) is 6.21. The van der Waals surface area contributed by atoms with Gasteiger partial charge < -0.3 is 5.73 Å². The van der Waals surface area contributed by atoms with Crippen molar-refractivity contribution in [1.82, 2.24) is 0 Å². The smallest absolute Gasteiger partial charge is 0.00672 e. The molecule has 0 heterocycles. The van der Waals surface area contributed by atoms with Gasteiger partial charge in [-0.2, -0.15) is 0 Å². The van der Waals surface area contributed by atoms with Gasteiger partial charge in [0.05, 0.1) is 0 Å². The Morgan fingerprint density at radius 2 is 1.60 bits per heavy atom. The minimum atomic E-state index is 0.487. The lowest BCUT2D eigenvalue weighted by molar-refractivity contribution is 0.136. The van der Waals surface area contributed by atoms with Gasteiger partial charge in [-0.05, 0) is 49.4 Å². The second-order valence-electron chi connectivity index (χ2n) is 6.25. The fourth-order valence-corrected chi connectivity index (χ4v) is 3.73. The van der Waals surface area contributed by atoms with E-state index in [-0.39, 0.29) is 0 Å². The van der Waals surface area contributed by atoms with Gasteiger partial charge in [0.1, 0.15) is 0 Å². The molecule has 0 aliphatic heterocycles. The molecule has 88 valence electrons. The van der Waals surface area contributed by atoms with Crippen LogP contribution in [0.25, 0.3) is 0 Å². The summed E-state index contributed by atoms with van der Waals surface area (Å²) in [5, 5.41) is 0. The van der Waals surface area contributed by atoms with E-state index in [2.05, 4.69) is 13.8 Å². The van der Waals surface area contributed by atoms with Gasteiger partial charge >= 0.3 is 0 Å². The van der Waals surface area contributed by atoms with Crippen LogP contribution in [-0.2, 0) is 0 Å². The van der Waals surface area contributed by atoms with Crippen LogP contribution in [0.2, 0.25) is 0 Å². The molecule has 5 unspecified atom stereocenters. The molecule has 2 N–H and O–H groups in total. The Labute approximate surface area is 94.8 Å². The highest BCUT2D eigenvalue weighted by atomic mass is 14.7. The van der Waals surface area contributed by atoms with Gasteiger partial charge in [-0.3, -0.25) is 0 Å². The first-order valence-electron chi connectivity index (χ1n) is 6.92. The SMILES string of the molecule is CC1CCCC(C2CCC(C)C(N)C2)C1. The molecular weight excluding hydrogens is 182 g/mol. The highest BCUT2D eigenvalue weighted by molar-refractivity contribution is 4.85. The maximum Gasteiger partial charge on any atom is 0.00672 e. The summed E-state index contributed by atoms with van der Waals surface area (Å²) in [6, 6.07) is 0.487. The maximum absolute atomic E-state index is 6.21. The molecule has 0 bridgehead atoms. The van der Waals surface area contributed by atoms with Crippen molar-refractivity contribution >= 4 is 0 Å². The van der Waals surface area contributed by atoms with Crippen LogP contribution in [-0.4, -0.2) is 6.04 Å². The molecule has 0 aromatic carbocycles. The topological polar surface area (TPSA) is 26.0 Å². The fourth-order valence-electron chi connectivity index (χ4n) is 3.73. The van der Waals surface area contributed by atoms with E-state index >= 15 is 0 Å². The van der Waals surface area contributed by atoms with Crippen molar-refractivity contribution in [3.8, 4) is 0 Å². The van der Waals surface area contributed by atoms with Gasteiger partial charge in [0.25, 0.3) is 0 Å². The average molecular weight is 209 g/mol. The molecule has 1 nitrogen and oxygen atoms in total. The molecule has 2 aliphatic rings. The normalized spacial score (nSPS) is 47.8. The zero-order valence-corrected chi connectivity index (χ0v) is 10.4. The van der Waals surface area contributed by atoms with E-state index < -0.39 is 0 Å². The van der Waals surface area contributed by atoms with Crippen LogP contribution in [0, 0.1) is 23.7 Å². The summed E-state index contributed by atoms with van der Waals surface area (Å²) in [5.74, 6) is 3.70. The van der Waals surface area contributed by atoms with Crippen molar-refractivity contribution in [2.75, 3.05) is 0 Å². The van der Waals surface area contributed by atoms with Crippen molar-refractivity contribution in [3.05, 3.63) is 0 Å². The molecule has 1 heteroatoms. The highest BCUT2D eigenvalue weighted by Crippen LogP contribution is 2.40. The second-order valence-corrected chi connectivity index (χ2v) is 6.25. The van der Waals surface area contributed by atoms with Crippen LogP contribution in [0.1, 0.15) is 58.8 Å². The van der Waals surface area contributed by atoms with E-state index in [1.54, 1.807) is 0 Å². The lowest BCUT2D eigenvalue weighted by Gasteiger charge is -2.39. The van der Waals surface area contributed by atoms with Crippen LogP contribution >= 0.6 is 0 Å². The minimum absolute atomic E-state index is 0.487. The molecule has 0 radical (unpaired) electrons. The first-order chi connectivity index (χ1) is 7.16. The highest BCUT2D eigenvalue weighted by Gasteiger charge is 2.32. The number of nitrogens with two attached hydrogens (primary N) is 1. The molecule has 0 aromatic heterocycles. The first-order valence-corrected chi connectivity index (χ1v) is 6.92. The predicted octanol–water partition coefficient (Wildman–Crippen LogP) is 3.58. The van der Waals surface area contributed by atoms with Crippen molar-refractivity contribution < 1.29 is 0 Å². The summed E-state index contributed by atoms with van der Waals surface area (Å²) in [7, 11) is 0. The van der Waals surface area contributed by atoms with E-state index in [4.69, 9.17) is 5.73 Å². The van der Waals surface area contributed by atoms with Crippen LogP contribution in [0.4, 0.5) is 0 Å². The third-order valence-corrected chi connectivity index (χ3v) is 4.94. The molecule has 0 spiro atoms. The molecule has 5 atom stereocenters. The molecular formula is C14H27N. The second kappa shape index (κ2) is 4.86. The van der Waals surface area contributed by atoms with Crippen molar-refractivity contribution in [1.29, 1.82) is 0 Å². The van der Waals surface area contributed by atoms with Gasteiger partial charge in [-0.25, -0.2) is 0 Å². The monoisotopic (exact) mass is 209 g/mol. The number of rotatable bonds is 1. The molecule has 2 rings (SSSR count). The maximum atomic E-state index is 6.21. The fraction of sp³-hybridized carbons (Fsp3) is 1.00. The standard InChI is InChI=1S/C14H27N/c1-10-4-3-5-12(8-10)13-7-6-11(2)14(15)9-13/h10-14H,3-9,15H2,1-2H3. The van der Waals surface area contributed by atoms with E-state index in [0.717, 1.165) is 23.7 Å². The summed E-state index contributed by atoms with van der Waals surface area (Å²) < 4.78 is 0. The van der Waals surface area contributed by atoms with Crippen molar-refractivity contribution in [3.63, 3.8) is 0 Å². The van der Waals surface area contributed by atoms with Crippen molar-refractivity contribution in [2.24, 2.45) is 29.4 Å². The Bertz CT molecular complexity index is 202. The van der Waals surface area contributed by atoms with Crippen LogP contribution < -0.4 is 5.73 Å². The Hall–Kier alpha value is -0.0400. The first kappa shape index (κ1) is 11.4. The molecule has 0 amide bonds. The van der Waals surface area contributed by atoms with E-state index in [1.807, 2.05) is 0 Å². The zero-order chi connectivity index (χ0) is 10.8. The van der Waals surface area contributed by atoms with Crippen LogP contribution in [0.3, 0.4) is 0 Å². The zero-order valence-electron chi connectivity index (χ0n) is 10.4. The van der Waals surface area contributed by atoms with Gasteiger partial charge in [0.2, 0.25) is 0 Å². The third kappa shape index (κ3) is 2.75. The van der Waals surface area contributed by atoms with E-state index in [0.29, 0.717) is 6.04 Å².